The number of urea groups is 1. The van der Waals surface area contributed by atoms with E-state index >= 15 is 0 Å². The van der Waals surface area contributed by atoms with Crippen molar-refractivity contribution in [3.63, 3.8) is 0 Å². The number of rotatable bonds is 4. The molecule has 138 valence electrons. The number of nitrogens with two attached hydrogens (primary N) is 1. The van der Waals surface area contributed by atoms with Crippen molar-refractivity contribution < 1.29 is 14.3 Å². The van der Waals surface area contributed by atoms with Crippen molar-refractivity contribution in [2.75, 3.05) is 38.6 Å². The van der Waals surface area contributed by atoms with Crippen LogP contribution in [0, 0.1) is 0 Å². The average molecular weight is 374 g/mol. The molecule has 0 radical (unpaired) electrons. The number of carbonyl (C=O) groups is 2. The summed E-state index contributed by atoms with van der Waals surface area (Å²) in [5, 5.41) is 6.35. The molecule has 8 heteroatoms. The molecule has 2 aromatic rings. The molecule has 3 amide bonds. The lowest BCUT2D eigenvalue weighted by Crippen LogP contribution is -2.34. The first kappa shape index (κ1) is 18.2. The summed E-state index contributed by atoms with van der Waals surface area (Å²) in [5.41, 5.74) is 6.71. The van der Waals surface area contributed by atoms with Gasteiger partial charge in [-0.25, -0.2) is 4.79 Å². The molecule has 1 saturated heterocycles. The fraction of sp³-hybridized carbons (Fsp3) is 0.333. The molecule has 1 aliphatic heterocycles. The van der Waals surface area contributed by atoms with E-state index in [1.54, 1.807) is 7.11 Å². The van der Waals surface area contributed by atoms with Crippen LogP contribution in [0.15, 0.2) is 30.3 Å². The Labute approximate surface area is 156 Å². The molecule has 1 aromatic heterocycles. The number of anilines is 1. The van der Waals surface area contributed by atoms with Gasteiger partial charge in [0.25, 0.3) is 5.91 Å². The van der Waals surface area contributed by atoms with Crippen molar-refractivity contribution in [2.45, 2.75) is 6.42 Å². The quantitative estimate of drug-likeness (QED) is 0.765. The summed E-state index contributed by atoms with van der Waals surface area (Å²) < 4.78 is 5.18. The van der Waals surface area contributed by atoms with Crippen LogP contribution in [0.5, 0.6) is 5.75 Å². The van der Waals surface area contributed by atoms with Gasteiger partial charge < -0.3 is 20.7 Å². The molecule has 4 N–H and O–H groups in total. The molecular formula is C18H22N4O3S. The van der Waals surface area contributed by atoms with Gasteiger partial charge in [-0.3, -0.25) is 10.1 Å². The van der Waals surface area contributed by atoms with Gasteiger partial charge >= 0.3 is 6.03 Å². The minimum atomic E-state index is -0.681. The predicted octanol–water partition coefficient (Wildman–Crippen LogP) is 2.35. The van der Waals surface area contributed by atoms with Crippen molar-refractivity contribution in [1.82, 2.24) is 10.2 Å². The SMILES string of the molecule is COc1ccc(-c2cc(C(=O)N3CCCNCC3)c(NC(N)=O)s2)cc1. The molecule has 0 aliphatic carbocycles. The van der Waals surface area contributed by atoms with Gasteiger partial charge in [-0.1, -0.05) is 0 Å². The number of nitrogens with zero attached hydrogens (tertiary/aromatic N) is 1. The summed E-state index contributed by atoms with van der Waals surface area (Å²) in [7, 11) is 1.61. The Morgan fingerprint density at radius 1 is 1.23 bits per heavy atom. The molecule has 1 aromatic carbocycles. The zero-order chi connectivity index (χ0) is 18.5. The number of hydrogen-bond donors (Lipinski definition) is 3. The smallest absolute Gasteiger partial charge is 0.317 e. The Kier molecular flexibility index (Phi) is 5.75. The highest BCUT2D eigenvalue weighted by Gasteiger charge is 2.23. The number of benzene rings is 1. The van der Waals surface area contributed by atoms with E-state index in [9.17, 15) is 9.59 Å². The summed E-state index contributed by atoms with van der Waals surface area (Å²) in [6.45, 7) is 2.99. The fourth-order valence-electron chi connectivity index (χ4n) is 2.87. The number of thiophene rings is 1. The van der Waals surface area contributed by atoms with Crippen molar-refractivity contribution in [3.05, 3.63) is 35.9 Å². The maximum absolute atomic E-state index is 13.0. The van der Waals surface area contributed by atoms with Gasteiger partial charge in [0.15, 0.2) is 0 Å². The van der Waals surface area contributed by atoms with Gasteiger partial charge in [-0.2, -0.15) is 0 Å². The number of amides is 3. The number of nitrogens with one attached hydrogen (secondary N) is 2. The highest BCUT2D eigenvalue weighted by atomic mass is 32.1. The van der Waals surface area contributed by atoms with Crippen LogP contribution in [0.25, 0.3) is 10.4 Å². The lowest BCUT2D eigenvalue weighted by Gasteiger charge is -2.20. The second-order valence-corrected chi connectivity index (χ2v) is 7.02. The Morgan fingerprint density at radius 2 is 2.00 bits per heavy atom. The van der Waals surface area contributed by atoms with Gasteiger partial charge in [0.1, 0.15) is 10.8 Å². The van der Waals surface area contributed by atoms with Gasteiger partial charge in [0, 0.05) is 24.5 Å². The fourth-order valence-corrected chi connectivity index (χ4v) is 3.93. The number of primary amides is 1. The molecule has 0 atom stereocenters. The summed E-state index contributed by atoms with van der Waals surface area (Å²) >= 11 is 1.34. The highest BCUT2D eigenvalue weighted by Crippen LogP contribution is 2.36. The zero-order valence-corrected chi connectivity index (χ0v) is 15.4. The summed E-state index contributed by atoms with van der Waals surface area (Å²) in [5.74, 6) is 0.669. The molecule has 1 fully saturated rings. The van der Waals surface area contributed by atoms with E-state index in [0.29, 0.717) is 23.7 Å². The number of methoxy groups -OCH3 is 1. The molecule has 0 bridgehead atoms. The van der Waals surface area contributed by atoms with Crippen LogP contribution in [-0.4, -0.2) is 50.1 Å². The van der Waals surface area contributed by atoms with Crippen molar-refractivity contribution >= 4 is 28.3 Å². The third-order valence-corrected chi connectivity index (χ3v) is 5.30. The topological polar surface area (TPSA) is 96.7 Å². The average Bonchev–Trinajstić information content (AvgIpc) is 2.86. The normalized spacial score (nSPS) is 14.6. The lowest BCUT2D eigenvalue weighted by molar-refractivity contribution is 0.0768. The zero-order valence-electron chi connectivity index (χ0n) is 14.6. The largest absolute Gasteiger partial charge is 0.497 e. The first-order valence-electron chi connectivity index (χ1n) is 8.43. The van der Waals surface area contributed by atoms with Crippen LogP contribution < -0.4 is 21.1 Å². The molecule has 2 heterocycles. The van der Waals surface area contributed by atoms with E-state index in [-0.39, 0.29) is 5.91 Å². The Balaban J connectivity index is 1.92. The van der Waals surface area contributed by atoms with E-state index in [4.69, 9.17) is 10.5 Å². The van der Waals surface area contributed by atoms with E-state index < -0.39 is 6.03 Å². The minimum absolute atomic E-state index is 0.0894. The van der Waals surface area contributed by atoms with E-state index in [2.05, 4.69) is 10.6 Å². The molecule has 1 aliphatic rings. The first-order valence-corrected chi connectivity index (χ1v) is 9.25. The molecular weight excluding hydrogens is 352 g/mol. The van der Waals surface area contributed by atoms with E-state index in [1.807, 2.05) is 35.2 Å². The standard InChI is InChI=1S/C18H22N4O3S/c1-25-13-5-3-12(4-6-13)15-11-14(16(26-15)21-18(19)24)17(23)22-9-2-7-20-8-10-22/h3-6,11,20H,2,7-10H2,1H3,(H3,19,21,24). The number of ether oxygens (including phenoxy) is 1. The van der Waals surface area contributed by atoms with Crippen LogP contribution in [0.4, 0.5) is 9.80 Å². The van der Waals surface area contributed by atoms with Crippen molar-refractivity contribution in [1.29, 1.82) is 0 Å². The lowest BCUT2D eigenvalue weighted by atomic mass is 10.1. The molecule has 3 rings (SSSR count). The third kappa shape index (κ3) is 4.14. The number of hydrogen-bond acceptors (Lipinski definition) is 5. The maximum atomic E-state index is 13.0. The molecule has 0 unspecified atom stereocenters. The third-order valence-electron chi connectivity index (χ3n) is 4.20. The van der Waals surface area contributed by atoms with Gasteiger partial charge in [0.05, 0.1) is 12.7 Å². The van der Waals surface area contributed by atoms with Crippen LogP contribution >= 0.6 is 11.3 Å². The number of carbonyl (C=O) groups excluding carboxylic acids is 2. The highest BCUT2D eigenvalue weighted by molar-refractivity contribution is 7.20. The van der Waals surface area contributed by atoms with Crippen LogP contribution in [-0.2, 0) is 0 Å². The first-order chi connectivity index (χ1) is 12.6. The van der Waals surface area contributed by atoms with Gasteiger partial charge in [-0.15, -0.1) is 11.3 Å². The van der Waals surface area contributed by atoms with Gasteiger partial charge in [0.2, 0.25) is 0 Å². The van der Waals surface area contributed by atoms with Crippen LogP contribution in [0.2, 0.25) is 0 Å². The van der Waals surface area contributed by atoms with E-state index in [1.165, 1.54) is 11.3 Å². The summed E-state index contributed by atoms with van der Waals surface area (Å²) in [6.07, 6.45) is 0.903. The van der Waals surface area contributed by atoms with Crippen LogP contribution in [0.3, 0.4) is 0 Å². The predicted molar refractivity (Wildman–Crippen MR) is 103 cm³/mol. The second kappa shape index (κ2) is 8.20. The minimum Gasteiger partial charge on any atom is -0.497 e. The molecule has 26 heavy (non-hydrogen) atoms. The molecule has 0 spiro atoms. The second-order valence-electron chi connectivity index (χ2n) is 5.97. The van der Waals surface area contributed by atoms with Crippen LogP contribution in [0.1, 0.15) is 16.8 Å². The maximum Gasteiger partial charge on any atom is 0.317 e. The Bertz CT molecular complexity index is 780. The van der Waals surface area contributed by atoms with Crippen molar-refractivity contribution in [2.24, 2.45) is 5.73 Å². The Hall–Kier alpha value is -2.58. The summed E-state index contributed by atoms with van der Waals surface area (Å²) in [6, 6.07) is 8.69. The van der Waals surface area contributed by atoms with Crippen molar-refractivity contribution in [3.8, 4) is 16.2 Å². The van der Waals surface area contributed by atoms with E-state index in [0.717, 1.165) is 35.7 Å². The summed E-state index contributed by atoms with van der Waals surface area (Å²) in [4.78, 5) is 27.1. The molecule has 0 saturated carbocycles. The molecule has 7 nitrogen and oxygen atoms in total. The monoisotopic (exact) mass is 374 g/mol. The van der Waals surface area contributed by atoms with Gasteiger partial charge in [-0.05, 0) is 48.9 Å². The Morgan fingerprint density at radius 3 is 2.69 bits per heavy atom.